The quantitative estimate of drug-likeness (QED) is 0.622. The zero-order valence-electron chi connectivity index (χ0n) is 16.7. The second-order valence-electron chi connectivity index (χ2n) is 7.61. The Kier molecular flexibility index (Phi) is 4.11. The van der Waals surface area contributed by atoms with Crippen LogP contribution in [0.25, 0.3) is 17.0 Å². The Balaban J connectivity index is 1.55. The van der Waals surface area contributed by atoms with Gasteiger partial charge in [0.15, 0.2) is 5.54 Å². The van der Waals surface area contributed by atoms with Crippen LogP contribution in [0.4, 0.5) is 4.79 Å². The van der Waals surface area contributed by atoms with Gasteiger partial charge >= 0.3 is 6.03 Å². The number of hydrogen-bond donors (Lipinski definition) is 2. The maximum absolute atomic E-state index is 13.1. The zero-order chi connectivity index (χ0) is 21.8. The summed E-state index contributed by atoms with van der Waals surface area (Å²) < 4.78 is 11.2. The van der Waals surface area contributed by atoms with Crippen LogP contribution in [-0.4, -0.2) is 36.4 Å². The van der Waals surface area contributed by atoms with Crippen molar-refractivity contribution in [2.24, 2.45) is 0 Å². The molecule has 156 valence electrons. The molecule has 3 aromatic rings. The molecule has 0 radical (unpaired) electrons. The molecule has 4 amide bonds. The van der Waals surface area contributed by atoms with Crippen LogP contribution in [0.5, 0.6) is 5.75 Å². The van der Waals surface area contributed by atoms with Crippen LogP contribution in [0.15, 0.2) is 53.5 Å². The SMILES string of the molecule is C=Cc1ccc2oc([C@]3(CN4Cc5ccc(OC)cc5C4=O)NC(=O)NC3=O)cc2c1. The highest BCUT2D eigenvalue weighted by molar-refractivity contribution is 6.08. The van der Waals surface area contributed by atoms with E-state index in [1.54, 1.807) is 30.3 Å². The fraction of sp³-hybridized carbons (Fsp3) is 0.174. The van der Waals surface area contributed by atoms with E-state index in [0.29, 0.717) is 23.4 Å². The van der Waals surface area contributed by atoms with Crippen LogP contribution in [0.1, 0.15) is 27.2 Å². The van der Waals surface area contributed by atoms with Crippen molar-refractivity contribution in [3.8, 4) is 5.75 Å². The molecule has 5 rings (SSSR count). The molecule has 1 fully saturated rings. The summed E-state index contributed by atoms with van der Waals surface area (Å²) in [5.41, 5.74) is 1.26. The van der Waals surface area contributed by atoms with Crippen molar-refractivity contribution in [1.29, 1.82) is 0 Å². The first kappa shape index (κ1) is 18.9. The van der Waals surface area contributed by atoms with Gasteiger partial charge in [-0.3, -0.25) is 14.9 Å². The molecule has 2 aliphatic heterocycles. The third-order valence-electron chi connectivity index (χ3n) is 5.76. The Morgan fingerprint density at radius 3 is 2.74 bits per heavy atom. The maximum atomic E-state index is 13.1. The number of benzene rings is 2. The van der Waals surface area contributed by atoms with E-state index in [2.05, 4.69) is 17.2 Å². The Morgan fingerprint density at radius 1 is 1.19 bits per heavy atom. The Morgan fingerprint density at radius 2 is 2.03 bits per heavy atom. The van der Waals surface area contributed by atoms with Crippen molar-refractivity contribution in [3.05, 3.63) is 71.5 Å². The molecule has 2 N–H and O–H groups in total. The predicted molar refractivity (Wildman–Crippen MR) is 112 cm³/mol. The van der Waals surface area contributed by atoms with Gasteiger partial charge in [0.25, 0.3) is 11.8 Å². The molecule has 0 aliphatic carbocycles. The number of furan rings is 1. The summed E-state index contributed by atoms with van der Waals surface area (Å²) in [6, 6.07) is 11.9. The first-order valence-electron chi connectivity index (χ1n) is 9.70. The van der Waals surface area contributed by atoms with Crippen LogP contribution in [0, 0.1) is 0 Å². The second kappa shape index (κ2) is 6.73. The normalized spacial score (nSPS) is 20.0. The van der Waals surface area contributed by atoms with E-state index in [9.17, 15) is 14.4 Å². The lowest BCUT2D eigenvalue weighted by Gasteiger charge is -2.29. The van der Waals surface area contributed by atoms with E-state index in [-0.39, 0.29) is 18.2 Å². The number of nitrogens with one attached hydrogen (secondary N) is 2. The van der Waals surface area contributed by atoms with E-state index in [1.165, 1.54) is 12.0 Å². The van der Waals surface area contributed by atoms with Gasteiger partial charge in [-0.05, 0) is 41.5 Å². The lowest BCUT2D eigenvalue weighted by molar-refractivity contribution is -0.125. The number of carbonyl (C=O) groups is 3. The highest BCUT2D eigenvalue weighted by atomic mass is 16.5. The summed E-state index contributed by atoms with van der Waals surface area (Å²) in [6.45, 7) is 4.00. The minimum Gasteiger partial charge on any atom is -0.497 e. The average molecular weight is 417 g/mol. The lowest BCUT2D eigenvalue weighted by atomic mass is 9.95. The zero-order valence-corrected chi connectivity index (χ0v) is 16.7. The number of carbonyl (C=O) groups excluding carboxylic acids is 3. The summed E-state index contributed by atoms with van der Waals surface area (Å²) >= 11 is 0. The first-order valence-corrected chi connectivity index (χ1v) is 9.70. The Hall–Kier alpha value is -4.07. The van der Waals surface area contributed by atoms with Crippen LogP contribution < -0.4 is 15.4 Å². The van der Waals surface area contributed by atoms with Gasteiger partial charge in [-0.2, -0.15) is 0 Å². The standard InChI is InChI=1S/C23H19N3O5/c1-3-13-4-7-18-15(8-13)9-19(31-18)23(21(28)24-22(29)25-23)12-26-11-14-5-6-16(30-2)10-17(14)20(26)27/h3-10H,1,11-12H2,2H3,(H2,24,25,28,29)/t23-/m0/s1. The molecule has 3 heterocycles. The molecule has 8 nitrogen and oxygen atoms in total. The lowest BCUT2D eigenvalue weighted by Crippen LogP contribution is -2.52. The van der Waals surface area contributed by atoms with Gasteiger partial charge in [0.1, 0.15) is 17.1 Å². The Labute approximate surface area is 177 Å². The smallest absolute Gasteiger partial charge is 0.322 e. The van der Waals surface area contributed by atoms with Gasteiger partial charge in [0.2, 0.25) is 0 Å². The van der Waals surface area contributed by atoms with Crippen LogP contribution >= 0.6 is 0 Å². The number of methoxy groups -OCH3 is 1. The summed E-state index contributed by atoms with van der Waals surface area (Å²) in [5.74, 6) is 0.0217. The van der Waals surface area contributed by atoms with Gasteiger partial charge in [-0.25, -0.2) is 4.79 Å². The molecule has 1 atom stereocenters. The van der Waals surface area contributed by atoms with Crippen molar-refractivity contribution in [1.82, 2.24) is 15.5 Å². The average Bonchev–Trinajstić information content (AvgIpc) is 3.41. The van der Waals surface area contributed by atoms with Crippen molar-refractivity contribution < 1.29 is 23.5 Å². The molecular weight excluding hydrogens is 398 g/mol. The van der Waals surface area contributed by atoms with Crippen molar-refractivity contribution in [2.45, 2.75) is 12.1 Å². The van der Waals surface area contributed by atoms with Gasteiger partial charge in [-0.15, -0.1) is 0 Å². The van der Waals surface area contributed by atoms with Crippen molar-refractivity contribution in [3.63, 3.8) is 0 Å². The monoisotopic (exact) mass is 417 g/mol. The number of amides is 4. The molecule has 8 heteroatoms. The van der Waals surface area contributed by atoms with E-state index in [1.807, 2.05) is 18.2 Å². The molecule has 0 unspecified atom stereocenters. The number of ether oxygens (including phenoxy) is 1. The number of imide groups is 1. The van der Waals surface area contributed by atoms with Crippen LogP contribution in [-0.2, 0) is 16.9 Å². The minimum absolute atomic E-state index is 0.0749. The highest BCUT2D eigenvalue weighted by Crippen LogP contribution is 2.35. The summed E-state index contributed by atoms with van der Waals surface area (Å²) in [5, 5.41) is 5.73. The largest absolute Gasteiger partial charge is 0.497 e. The third kappa shape index (κ3) is 2.87. The highest BCUT2D eigenvalue weighted by Gasteiger charge is 2.53. The summed E-state index contributed by atoms with van der Waals surface area (Å²) in [6.07, 6.45) is 1.71. The molecule has 1 aromatic heterocycles. The van der Waals surface area contributed by atoms with E-state index in [0.717, 1.165) is 16.5 Å². The molecule has 1 saturated heterocycles. The molecule has 0 bridgehead atoms. The minimum atomic E-state index is -1.54. The number of nitrogens with zero attached hydrogens (tertiary/aromatic N) is 1. The van der Waals surface area contributed by atoms with E-state index >= 15 is 0 Å². The second-order valence-corrected chi connectivity index (χ2v) is 7.61. The van der Waals surface area contributed by atoms with Crippen LogP contribution in [0.3, 0.4) is 0 Å². The molecule has 2 aromatic carbocycles. The van der Waals surface area contributed by atoms with Gasteiger partial charge in [0, 0.05) is 17.5 Å². The van der Waals surface area contributed by atoms with Crippen LogP contribution in [0.2, 0.25) is 0 Å². The molecule has 0 spiro atoms. The molecule has 2 aliphatic rings. The molecule has 31 heavy (non-hydrogen) atoms. The predicted octanol–water partition coefficient (Wildman–Crippen LogP) is 2.78. The van der Waals surface area contributed by atoms with E-state index in [4.69, 9.17) is 9.15 Å². The molecular formula is C23H19N3O5. The van der Waals surface area contributed by atoms with Crippen molar-refractivity contribution >= 4 is 34.9 Å². The Bertz CT molecular complexity index is 1280. The first-order chi connectivity index (χ1) is 14.9. The fourth-order valence-electron chi connectivity index (χ4n) is 4.13. The summed E-state index contributed by atoms with van der Waals surface area (Å²) in [7, 11) is 1.53. The molecule has 0 saturated carbocycles. The summed E-state index contributed by atoms with van der Waals surface area (Å²) in [4.78, 5) is 39.6. The topological polar surface area (TPSA) is 101 Å². The van der Waals surface area contributed by atoms with Crippen molar-refractivity contribution in [2.75, 3.05) is 13.7 Å². The number of urea groups is 1. The fourth-order valence-corrected chi connectivity index (χ4v) is 4.13. The third-order valence-corrected chi connectivity index (χ3v) is 5.76. The number of hydrogen-bond acceptors (Lipinski definition) is 5. The number of fused-ring (bicyclic) bond motifs is 2. The van der Waals surface area contributed by atoms with Gasteiger partial charge < -0.3 is 19.4 Å². The van der Waals surface area contributed by atoms with Gasteiger partial charge in [-0.1, -0.05) is 24.8 Å². The maximum Gasteiger partial charge on any atom is 0.322 e. The number of rotatable bonds is 5. The van der Waals surface area contributed by atoms with Gasteiger partial charge in [0.05, 0.1) is 13.7 Å². The van der Waals surface area contributed by atoms with E-state index < -0.39 is 17.5 Å².